The molecule has 3 atom stereocenters. The molecule has 0 aliphatic heterocycles. The van der Waals surface area contributed by atoms with Crippen molar-refractivity contribution in [2.45, 2.75) is 44.1 Å². The summed E-state index contributed by atoms with van der Waals surface area (Å²) in [4.78, 5) is 16.5. The van der Waals surface area contributed by atoms with Crippen LogP contribution in [0.5, 0.6) is 0 Å². The monoisotopic (exact) mass is 329 g/mol. The van der Waals surface area contributed by atoms with Crippen molar-refractivity contribution >= 4 is 5.91 Å². The highest BCUT2D eigenvalue weighted by Crippen LogP contribution is 2.29. The summed E-state index contributed by atoms with van der Waals surface area (Å²) in [7, 11) is 1.64. The van der Waals surface area contributed by atoms with E-state index in [2.05, 4.69) is 10.3 Å². The number of methoxy groups -OCH3 is 1. The lowest BCUT2D eigenvalue weighted by Crippen LogP contribution is -2.49. The van der Waals surface area contributed by atoms with Crippen molar-refractivity contribution in [2.24, 2.45) is 0 Å². The third-order valence-electron chi connectivity index (χ3n) is 4.57. The number of imidazole rings is 1. The first kappa shape index (κ1) is 16.7. The molecule has 3 rings (SSSR count). The molecule has 1 aliphatic rings. The number of nitrogens with one attached hydrogen (secondary N) is 1. The summed E-state index contributed by atoms with van der Waals surface area (Å²) in [6.45, 7) is 0.524. The van der Waals surface area contributed by atoms with E-state index in [1.165, 1.54) is 0 Å². The molecule has 0 spiro atoms. The summed E-state index contributed by atoms with van der Waals surface area (Å²) in [5.41, 5.74) is 1.61. The SMILES string of the molecule is COCc1ccc(C(=O)N[C@@H]2CCC[C@@H](n3ccnc3)[C@@H]2O)cc1. The molecule has 1 aromatic heterocycles. The molecule has 1 aromatic carbocycles. The highest BCUT2D eigenvalue weighted by atomic mass is 16.5. The average Bonchev–Trinajstić information content (AvgIpc) is 3.12. The number of carbonyl (C=O) groups is 1. The molecule has 2 aromatic rings. The van der Waals surface area contributed by atoms with E-state index in [4.69, 9.17) is 4.74 Å². The van der Waals surface area contributed by atoms with Crippen LogP contribution in [0.2, 0.25) is 0 Å². The van der Waals surface area contributed by atoms with Crippen molar-refractivity contribution in [2.75, 3.05) is 7.11 Å². The van der Waals surface area contributed by atoms with E-state index in [-0.39, 0.29) is 18.0 Å². The van der Waals surface area contributed by atoms with Gasteiger partial charge in [-0.3, -0.25) is 4.79 Å². The number of aromatic nitrogens is 2. The van der Waals surface area contributed by atoms with Gasteiger partial charge in [-0.1, -0.05) is 12.1 Å². The average molecular weight is 329 g/mol. The van der Waals surface area contributed by atoms with E-state index >= 15 is 0 Å². The Morgan fingerprint density at radius 2 is 2.17 bits per heavy atom. The van der Waals surface area contributed by atoms with Crippen molar-refractivity contribution in [3.8, 4) is 0 Å². The summed E-state index contributed by atoms with van der Waals surface area (Å²) in [5, 5.41) is 13.6. The second-order valence-electron chi connectivity index (χ2n) is 6.21. The van der Waals surface area contributed by atoms with Crippen molar-refractivity contribution < 1.29 is 14.6 Å². The number of nitrogens with zero attached hydrogens (tertiary/aromatic N) is 2. The number of benzene rings is 1. The van der Waals surface area contributed by atoms with Crippen LogP contribution in [0.15, 0.2) is 43.0 Å². The maximum atomic E-state index is 12.4. The number of rotatable bonds is 5. The predicted octanol–water partition coefficient (Wildman–Crippen LogP) is 1.91. The second kappa shape index (κ2) is 7.59. The van der Waals surface area contributed by atoms with Gasteiger partial charge in [0, 0.05) is 25.1 Å². The molecule has 0 radical (unpaired) electrons. The first-order chi connectivity index (χ1) is 11.7. The number of hydrogen-bond donors (Lipinski definition) is 2. The Kier molecular flexibility index (Phi) is 5.27. The second-order valence-corrected chi connectivity index (χ2v) is 6.21. The summed E-state index contributed by atoms with van der Waals surface area (Å²) in [5.74, 6) is -0.158. The lowest BCUT2D eigenvalue weighted by Gasteiger charge is -2.35. The maximum Gasteiger partial charge on any atom is 0.251 e. The van der Waals surface area contributed by atoms with Crippen LogP contribution in [0.3, 0.4) is 0 Å². The van der Waals surface area contributed by atoms with Crippen LogP contribution in [-0.2, 0) is 11.3 Å². The maximum absolute atomic E-state index is 12.4. The van der Waals surface area contributed by atoms with Gasteiger partial charge in [0.2, 0.25) is 0 Å². The predicted molar refractivity (Wildman–Crippen MR) is 89.5 cm³/mol. The van der Waals surface area contributed by atoms with Crippen LogP contribution in [0.25, 0.3) is 0 Å². The molecular weight excluding hydrogens is 306 g/mol. The van der Waals surface area contributed by atoms with Crippen LogP contribution in [0, 0.1) is 0 Å². The van der Waals surface area contributed by atoms with Crippen LogP contribution >= 0.6 is 0 Å². The van der Waals surface area contributed by atoms with Crippen molar-refractivity contribution in [3.05, 3.63) is 54.1 Å². The zero-order valence-corrected chi connectivity index (χ0v) is 13.8. The van der Waals surface area contributed by atoms with Gasteiger partial charge in [-0.25, -0.2) is 4.98 Å². The summed E-state index contributed by atoms with van der Waals surface area (Å²) in [6.07, 6.45) is 7.27. The fraction of sp³-hybridized carbons (Fsp3) is 0.444. The highest BCUT2D eigenvalue weighted by Gasteiger charge is 2.33. The standard InChI is InChI=1S/C18H23N3O3/c1-24-11-13-5-7-14(8-6-13)18(23)20-15-3-2-4-16(17(15)22)21-10-9-19-12-21/h5-10,12,15-17,22H,2-4,11H2,1H3,(H,20,23)/t15-,16-,17-/m1/s1. The van der Waals surface area contributed by atoms with E-state index < -0.39 is 6.10 Å². The molecule has 1 amide bonds. The summed E-state index contributed by atoms with van der Waals surface area (Å²) < 4.78 is 6.99. The Morgan fingerprint density at radius 1 is 1.38 bits per heavy atom. The van der Waals surface area contributed by atoms with Crippen LogP contribution in [0.1, 0.15) is 41.2 Å². The molecule has 0 bridgehead atoms. The molecule has 0 saturated heterocycles. The number of aliphatic hydroxyl groups excluding tert-OH is 1. The number of ether oxygens (including phenoxy) is 1. The Balaban J connectivity index is 1.64. The van der Waals surface area contributed by atoms with E-state index in [0.29, 0.717) is 12.2 Å². The molecule has 2 N–H and O–H groups in total. The lowest BCUT2D eigenvalue weighted by atomic mass is 9.87. The topological polar surface area (TPSA) is 76.4 Å². The third-order valence-corrected chi connectivity index (χ3v) is 4.57. The summed E-state index contributed by atoms with van der Waals surface area (Å²) in [6, 6.07) is 7.03. The smallest absolute Gasteiger partial charge is 0.251 e. The molecule has 1 heterocycles. The third kappa shape index (κ3) is 3.66. The van der Waals surface area contributed by atoms with Gasteiger partial charge in [-0.15, -0.1) is 0 Å². The molecule has 24 heavy (non-hydrogen) atoms. The van der Waals surface area contributed by atoms with Crippen LogP contribution in [-0.4, -0.2) is 39.8 Å². The fourth-order valence-electron chi connectivity index (χ4n) is 3.28. The normalized spacial score (nSPS) is 23.8. The molecule has 128 valence electrons. The number of amides is 1. The van der Waals surface area contributed by atoms with Gasteiger partial charge in [0.05, 0.1) is 31.1 Å². The number of hydrogen-bond acceptors (Lipinski definition) is 4. The minimum absolute atomic E-state index is 0.0457. The van der Waals surface area contributed by atoms with E-state index in [1.807, 2.05) is 22.9 Å². The minimum atomic E-state index is -0.621. The zero-order chi connectivity index (χ0) is 16.9. The van der Waals surface area contributed by atoms with Gasteiger partial charge in [-0.05, 0) is 37.0 Å². The van der Waals surface area contributed by atoms with E-state index in [1.54, 1.807) is 31.8 Å². The van der Waals surface area contributed by atoms with Crippen molar-refractivity contribution in [3.63, 3.8) is 0 Å². The van der Waals surface area contributed by atoms with Crippen molar-refractivity contribution in [1.29, 1.82) is 0 Å². The van der Waals surface area contributed by atoms with Gasteiger partial charge in [-0.2, -0.15) is 0 Å². The lowest BCUT2D eigenvalue weighted by molar-refractivity contribution is 0.0399. The van der Waals surface area contributed by atoms with E-state index in [9.17, 15) is 9.90 Å². The molecular formula is C18H23N3O3. The number of aliphatic hydroxyl groups is 1. The van der Waals surface area contributed by atoms with Crippen molar-refractivity contribution in [1.82, 2.24) is 14.9 Å². The molecule has 1 fully saturated rings. The molecule has 6 heteroatoms. The fourth-order valence-corrected chi connectivity index (χ4v) is 3.28. The quantitative estimate of drug-likeness (QED) is 0.878. The molecule has 6 nitrogen and oxygen atoms in total. The van der Waals surface area contributed by atoms with Gasteiger partial charge < -0.3 is 19.7 Å². The molecule has 1 saturated carbocycles. The Bertz CT molecular complexity index is 655. The van der Waals surface area contributed by atoms with Crippen LogP contribution < -0.4 is 5.32 Å². The Hall–Kier alpha value is -2.18. The molecule has 0 unspecified atom stereocenters. The van der Waals surface area contributed by atoms with E-state index in [0.717, 1.165) is 24.8 Å². The van der Waals surface area contributed by atoms with Gasteiger partial charge >= 0.3 is 0 Å². The van der Waals surface area contributed by atoms with Gasteiger partial charge in [0.15, 0.2) is 0 Å². The first-order valence-electron chi connectivity index (χ1n) is 8.23. The minimum Gasteiger partial charge on any atom is -0.389 e. The Morgan fingerprint density at radius 3 is 2.83 bits per heavy atom. The van der Waals surface area contributed by atoms with Gasteiger partial charge in [0.1, 0.15) is 0 Å². The molecule has 1 aliphatic carbocycles. The zero-order valence-electron chi connectivity index (χ0n) is 13.8. The number of carbonyl (C=O) groups excluding carboxylic acids is 1. The van der Waals surface area contributed by atoms with Gasteiger partial charge in [0.25, 0.3) is 5.91 Å². The Labute approximate surface area is 141 Å². The highest BCUT2D eigenvalue weighted by molar-refractivity contribution is 5.94. The first-order valence-corrected chi connectivity index (χ1v) is 8.23. The largest absolute Gasteiger partial charge is 0.389 e. The summed E-state index contributed by atoms with van der Waals surface area (Å²) >= 11 is 0. The van der Waals surface area contributed by atoms with Crippen LogP contribution in [0.4, 0.5) is 0 Å².